The fraction of sp³-hybridized carbons (Fsp3) is 0.0769. The van der Waals surface area contributed by atoms with Crippen LogP contribution in [-0.4, -0.2) is 0 Å². The van der Waals surface area contributed by atoms with Gasteiger partial charge in [0.15, 0.2) is 0 Å². The third kappa shape index (κ3) is 2.74. The molecule has 4 heteroatoms. The highest BCUT2D eigenvalue weighted by molar-refractivity contribution is 6.31. The molecule has 2 aromatic rings. The second-order valence-electron chi connectivity index (χ2n) is 3.56. The van der Waals surface area contributed by atoms with Gasteiger partial charge in [0.1, 0.15) is 5.82 Å². The molecule has 0 aromatic heterocycles. The maximum Gasteiger partial charge on any atom is 0.146 e. The van der Waals surface area contributed by atoms with Crippen molar-refractivity contribution in [2.24, 2.45) is 0 Å². The van der Waals surface area contributed by atoms with Crippen LogP contribution in [0.2, 0.25) is 10.0 Å². The summed E-state index contributed by atoms with van der Waals surface area (Å²) < 4.78 is 13.8. The zero-order chi connectivity index (χ0) is 12.4. The second-order valence-corrected chi connectivity index (χ2v) is 4.84. The number of hydrogen-bond acceptors (Lipinski definition) is 0. The van der Waals surface area contributed by atoms with Gasteiger partial charge in [0.05, 0.1) is 10.4 Å². The van der Waals surface area contributed by atoms with Gasteiger partial charge in [-0.2, -0.15) is 0 Å². The first-order valence-electron chi connectivity index (χ1n) is 4.93. The summed E-state index contributed by atoms with van der Waals surface area (Å²) in [6.07, 6.45) is 0. The van der Waals surface area contributed by atoms with Crippen LogP contribution >= 0.6 is 34.8 Å². The van der Waals surface area contributed by atoms with Gasteiger partial charge in [-0.05, 0) is 23.8 Å². The van der Waals surface area contributed by atoms with Crippen molar-refractivity contribution in [3.05, 3.63) is 69.5 Å². The van der Waals surface area contributed by atoms with Crippen LogP contribution in [0.4, 0.5) is 4.39 Å². The largest absolute Gasteiger partial charge is 0.205 e. The van der Waals surface area contributed by atoms with Gasteiger partial charge in [-0.3, -0.25) is 0 Å². The van der Waals surface area contributed by atoms with Gasteiger partial charge in [0.2, 0.25) is 0 Å². The van der Waals surface area contributed by atoms with E-state index in [2.05, 4.69) is 0 Å². The molecule has 0 heterocycles. The fourth-order valence-electron chi connectivity index (χ4n) is 1.53. The molecule has 0 amide bonds. The zero-order valence-corrected chi connectivity index (χ0v) is 10.9. The lowest BCUT2D eigenvalue weighted by Gasteiger charge is -2.12. The molecule has 0 aliphatic heterocycles. The van der Waals surface area contributed by atoms with Crippen LogP contribution in [0.5, 0.6) is 0 Å². The summed E-state index contributed by atoms with van der Waals surface area (Å²) in [5.74, 6) is -0.482. The summed E-state index contributed by atoms with van der Waals surface area (Å²) in [5.41, 5.74) is 1.14. The van der Waals surface area contributed by atoms with E-state index in [1.807, 2.05) is 0 Å². The van der Waals surface area contributed by atoms with Gasteiger partial charge in [-0.25, -0.2) is 4.39 Å². The third-order valence-corrected chi connectivity index (χ3v) is 3.45. The van der Waals surface area contributed by atoms with E-state index in [0.29, 0.717) is 10.6 Å². The minimum Gasteiger partial charge on any atom is -0.205 e. The smallest absolute Gasteiger partial charge is 0.146 e. The topological polar surface area (TPSA) is 0 Å². The Morgan fingerprint density at radius 3 is 2.24 bits per heavy atom. The molecule has 2 rings (SSSR count). The van der Waals surface area contributed by atoms with E-state index >= 15 is 0 Å². The molecule has 88 valence electrons. The van der Waals surface area contributed by atoms with Gasteiger partial charge < -0.3 is 0 Å². The highest BCUT2D eigenvalue weighted by atomic mass is 35.5. The van der Waals surface area contributed by atoms with Gasteiger partial charge in [-0.15, -0.1) is 11.6 Å². The second kappa shape index (κ2) is 5.26. The van der Waals surface area contributed by atoms with E-state index < -0.39 is 11.2 Å². The number of benzene rings is 2. The minimum absolute atomic E-state index is 0.0714. The Hall–Kier alpha value is -0.760. The highest BCUT2D eigenvalue weighted by Crippen LogP contribution is 2.33. The zero-order valence-electron chi connectivity index (χ0n) is 8.63. The van der Waals surface area contributed by atoms with Gasteiger partial charge >= 0.3 is 0 Å². The van der Waals surface area contributed by atoms with Crippen LogP contribution in [0.1, 0.15) is 16.5 Å². The molecule has 0 bridgehead atoms. The van der Waals surface area contributed by atoms with E-state index in [0.717, 1.165) is 5.56 Å². The number of hydrogen-bond donors (Lipinski definition) is 0. The van der Waals surface area contributed by atoms with Crippen LogP contribution in [-0.2, 0) is 0 Å². The van der Waals surface area contributed by atoms with Crippen molar-refractivity contribution in [3.63, 3.8) is 0 Å². The first kappa shape index (κ1) is 12.7. The van der Waals surface area contributed by atoms with Crippen molar-refractivity contribution < 1.29 is 4.39 Å². The van der Waals surface area contributed by atoms with Crippen molar-refractivity contribution >= 4 is 34.8 Å². The molecule has 0 nitrogen and oxygen atoms in total. The molecule has 0 N–H and O–H groups in total. The molecule has 2 aromatic carbocycles. The molecule has 0 aliphatic rings. The maximum atomic E-state index is 13.8. The van der Waals surface area contributed by atoms with Crippen LogP contribution < -0.4 is 0 Å². The molecule has 0 fully saturated rings. The molecule has 0 saturated carbocycles. The molecule has 17 heavy (non-hydrogen) atoms. The fourth-order valence-corrected chi connectivity index (χ4v) is 2.15. The number of alkyl halides is 1. The van der Waals surface area contributed by atoms with E-state index in [1.165, 1.54) is 6.07 Å². The summed E-state index contributed by atoms with van der Waals surface area (Å²) in [6.45, 7) is 0. The lowest BCUT2D eigenvalue weighted by molar-refractivity contribution is 0.613. The van der Waals surface area contributed by atoms with Gasteiger partial charge in [0.25, 0.3) is 0 Å². The number of rotatable bonds is 2. The van der Waals surface area contributed by atoms with Crippen molar-refractivity contribution in [2.45, 2.75) is 5.38 Å². The average molecular weight is 290 g/mol. The first-order valence-corrected chi connectivity index (χ1v) is 6.12. The summed E-state index contributed by atoms with van der Waals surface area (Å²) in [4.78, 5) is 0. The maximum absolute atomic E-state index is 13.8. The van der Waals surface area contributed by atoms with E-state index in [4.69, 9.17) is 34.8 Å². The molecule has 1 atom stereocenters. The summed E-state index contributed by atoms with van der Waals surface area (Å²) in [6, 6.07) is 11.7. The molecular weight excluding hydrogens is 282 g/mol. The van der Waals surface area contributed by atoms with E-state index in [9.17, 15) is 4.39 Å². The Kier molecular flexibility index (Phi) is 3.93. The predicted molar refractivity (Wildman–Crippen MR) is 70.6 cm³/mol. The molecular formula is C13H8Cl3F. The Bertz CT molecular complexity index is 523. The minimum atomic E-state index is -0.578. The van der Waals surface area contributed by atoms with Crippen LogP contribution in [0.25, 0.3) is 0 Å². The quantitative estimate of drug-likeness (QED) is 0.644. The lowest BCUT2D eigenvalue weighted by Crippen LogP contribution is -1.97. The Labute approximate surface area is 114 Å². The molecule has 0 radical (unpaired) electrons. The van der Waals surface area contributed by atoms with Gasteiger partial charge in [-0.1, -0.05) is 47.5 Å². The molecule has 0 spiro atoms. The normalized spacial score (nSPS) is 12.5. The molecule has 1 unspecified atom stereocenters. The Morgan fingerprint density at radius 2 is 1.59 bits per heavy atom. The van der Waals surface area contributed by atoms with Crippen molar-refractivity contribution in [2.75, 3.05) is 0 Å². The van der Waals surface area contributed by atoms with Crippen LogP contribution in [0.15, 0.2) is 42.5 Å². The molecule has 0 aliphatic carbocycles. The number of halogens is 4. The predicted octanol–water partition coefficient (Wildman–Crippen LogP) is 5.46. The standard InChI is InChI=1S/C13H8Cl3F/c14-9-6-4-8(5-7-9)12(16)10-2-1-3-11(15)13(10)17/h1-7,12H. The summed E-state index contributed by atoms with van der Waals surface area (Å²) in [7, 11) is 0. The Morgan fingerprint density at radius 1 is 0.941 bits per heavy atom. The van der Waals surface area contributed by atoms with Gasteiger partial charge in [0, 0.05) is 10.6 Å². The lowest BCUT2D eigenvalue weighted by atomic mass is 10.0. The van der Waals surface area contributed by atoms with Crippen molar-refractivity contribution in [1.29, 1.82) is 0 Å². The van der Waals surface area contributed by atoms with Crippen LogP contribution in [0.3, 0.4) is 0 Å². The third-order valence-electron chi connectivity index (χ3n) is 2.42. The van der Waals surface area contributed by atoms with Crippen molar-refractivity contribution in [1.82, 2.24) is 0 Å². The summed E-state index contributed by atoms with van der Waals surface area (Å²) >= 11 is 17.7. The van der Waals surface area contributed by atoms with Crippen LogP contribution in [0, 0.1) is 5.82 Å². The van der Waals surface area contributed by atoms with Crippen molar-refractivity contribution in [3.8, 4) is 0 Å². The SMILES string of the molecule is Fc1c(Cl)cccc1C(Cl)c1ccc(Cl)cc1. The monoisotopic (exact) mass is 288 g/mol. The summed E-state index contributed by atoms with van der Waals surface area (Å²) in [5, 5.41) is 0.109. The Balaban J connectivity index is 2.40. The first-order chi connectivity index (χ1) is 8.09. The van der Waals surface area contributed by atoms with E-state index in [-0.39, 0.29) is 5.02 Å². The molecule has 0 saturated heterocycles. The average Bonchev–Trinajstić information content (AvgIpc) is 2.33. The van der Waals surface area contributed by atoms with E-state index in [1.54, 1.807) is 36.4 Å². The highest BCUT2D eigenvalue weighted by Gasteiger charge is 2.16.